The van der Waals surface area contributed by atoms with E-state index in [0.717, 1.165) is 24.8 Å². The minimum Gasteiger partial charge on any atom is -0.521 e. The van der Waals surface area contributed by atoms with Gasteiger partial charge in [-0.25, -0.2) is 13.2 Å². The Labute approximate surface area is 136 Å². The summed E-state index contributed by atoms with van der Waals surface area (Å²) in [5, 5.41) is 9.23. The molecule has 2 aromatic carbocycles. The van der Waals surface area contributed by atoms with Crippen molar-refractivity contribution in [2.45, 2.75) is 12.5 Å². The molecule has 8 heteroatoms. The van der Waals surface area contributed by atoms with Crippen molar-refractivity contribution in [2.75, 3.05) is 7.11 Å². The Kier molecular flexibility index (Phi) is 8.68. The number of carbonyl (C=O) groups excluding carboxylic acids is 2. The third-order valence-corrected chi connectivity index (χ3v) is 3.14. The average Bonchev–Trinajstić information content (AvgIpc) is 2.61. The minimum atomic E-state index is -1.51. The molecule has 0 aromatic heterocycles. The molecule has 0 aliphatic carbocycles. The standard InChI is InChI=1S/C16H11F3NO2.CH4O.Fm/c17-14-6-12(7-15(18)16(14)19)11-3-1-10(2-4-11)5-13(8-21)20-9-22;1-2;/h1-4,6-8,13H,5H2,(H,20,22);2H,1H3;/q-1;;. The molecule has 0 saturated carbocycles. The minimum absolute atomic E-state index is 0. The average molecular weight is 595 g/mol. The molecule has 0 aliphatic rings. The zero-order valence-electron chi connectivity index (χ0n) is 13.0. The topological polar surface area (TPSA) is 66.4 Å². The maximum absolute atomic E-state index is 13.2. The zero-order valence-corrected chi connectivity index (χ0v) is 15.4. The first-order chi connectivity index (χ1) is 11.5. The number of halogens is 3. The van der Waals surface area contributed by atoms with Gasteiger partial charge in [-0.3, -0.25) is 0 Å². The van der Waals surface area contributed by atoms with E-state index >= 15 is 0 Å². The number of aliphatic hydroxyl groups is 1. The van der Waals surface area contributed by atoms with Gasteiger partial charge in [-0.1, -0.05) is 24.3 Å². The monoisotopic (exact) mass is 595 g/mol. The number of benzene rings is 2. The predicted molar refractivity (Wildman–Crippen MR) is 82.3 cm³/mol. The van der Waals surface area contributed by atoms with Crippen molar-refractivity contribution < 1.29 is 27.9 Å². The molecule has 1 unspecified atom stereocenters. The fourth-order valence-corrected chi connectivity index (χ4v) is 2.02. The normalized spacial score (nSPS) is 10.6. The molecular weight excluding hydrogens is 580 g/mol. The molecule has 0 heterocycles. The summed E-state index contributed by atoms with van der Waals surface area (Å²) in [6.07, 6.45) is 2.30. The third kappa shape index (κ3) is 5.47. The van der Waals surface area contributed by atoms with Gasteiger partial charge < -0.3 is 20.0 Å². The van der Waals surface area contributed by atoms with Gasteiger partial charge in [0.1, 0.15) is 6.29 Å². The van der Waals surface area contributed by atoms with Crippen molar-refractivity contribution in [3.05, 3.63) is 59.4 Å². The van der Waals surface area contributed by atoms with Gasteiger partial charge in [0.25, 0.3) is 0 Å². The van der Waals surface area contributed by atoms with Gasteiger partial charge in [-0.05, 0) is 35.2 Å². The van der Waals surface area contributed by atoms with E-state index in [4.69, 9.17) is 5.11 Å². The first kappa shape index (κ1) is 21.3. The second-order valence-corrected chi connectivity index (χ2v) is 4.64. The number of amides is 1. The maximum atomic E-state index is 13.2. The summed E-state index contributed by atoms with van der Waals surface area (Å²) in [6, 6.07) is 7.61. The molecule has 0 aliphatic heterocycles. The summed E-state index contributed by atoms with van der Waals surface area (Å²) in [5.74, 6) is -4.03. The van der Waals surface area contributed by atoms with Crippen molar-refractivity contribution in [1.82, 2.24) is 5.32 Å². The van der Waals surface area contributed by atoms with Gasteiger partial charge in [0.15, 0.2) is 17.5 Å². The van der Waals surface area contributed by atoms with E-state index in [1.807, 2.05) is 0 Å². The summed E-state index contributed by atoms with van der Waals surface area (Å²) >= 11 is 0. The molecule has 1 amide bonds. The molecule has 140 valence electrons. The van der Waals surface area contributed by atoms with Crippen LogP contribution in [0.25, 0.3) is 11.1 Å². The van der Waals surface area contributed by atoms with E-state index in [2.05, 4.69) is 5.32 Å². The smallest absolute Gasteiger partial charge is 0.194 e. The Hall–Kier alpha value is -3.67. The molecule has 25 heavy (non-hydrogen) atoms. The van der Waals surface area contributed by atoms with Gasteiger partial charge in [0, 0.05) is 7.11 Å². The van der Waals surface area contributed by atoms with Crippen molar-refractivity contribution in [1.29, 1.82) is 0 Å². The van der Waals surface area contributed by atoms with E-state index in [1.54, 1.807) is 24.3 Å². The van der Waals surface area contributed by atoms with Crippen LogP contribution in [0.5, 0.6) is 0 Å². The molecule has 2 N–H and O–H groups in total. The van der Waals surface area contributed by atoms with Gasteiger partial charge in [0.05, 0.1) is 6.04 Å². The SMILES string of the molecule is CO.O=[C-]NC(C=O)Cc1ccc(-c2cc(F)c(F)c(F)c2)cc1.[Fm]. The van der Waals surface area contributed by atoms with Crippen LogP contribution in [0.4, 0.5) is 13.2 Å². The zero-order chi connectivity index (χ0) is 18.1. The Bertz CT molecular complexity index is 673. The Morgan fingerprint density at radius 1 is 1.08 bits per heavy atom. The quantitative estimate of drug-likeness (QED) is 0.233. The molecule has 1 atom stereocenters. The maximum Gasteiger partial charge on any atom is 0.194 e. The molecule has 0 fully saturated rings. The third-order valence-electron chi connectivity index (χ3n) is 3.14. The second kappa shape index (κ2) is 10.2. The molecule has 0 bridgehead atoms. The Morgan fingerprint density at radius 3 is 2.04 bits per heavy atom. The van der Waals surface area contributed by atoms with Crippen LogP contribution in [-0.4, -0.2) is 31.0 Å². The first-order valence-electron chi connectivity index (χ1n) is 6.81. The van der Waals surface area contributed by atoms with Crippen LogP contribution in [0.2, 0.25) is 0 Å². The van der Waals surface area contributed by atoms with Crippen molar-refractivity contribution >= 4 is 12.7 Å². The molecule has 4 nitrogen and oxygen atoms in total. The van der Waals surface area contributed by atoms with Crippen molar-refractivity contribution in [3.63, 3.8) is 0 Å². The van der Waals surface area contributed by atoms with E-state index < -0.39 is 23.5 Å². The van der Waals surface area contributed by atoms with Crippen LogP contribution in [0.15, 0.2) is 36.4 Å². The van der Waals surface area contributed by atoms with Gasteiger partial charge in [-0.15, -0.1) is 0 Å². The van der Waals surface area contributed by atoms with Crippen LogP contribution in [0.1, 0.15) is 5.56 Å². The second-order valence-electron chi connectivity index (χ2n) is 4.64. The summed E-state index contributed by atoms with van der Waals surface area (Å²) < 4.78 is 39.3. The summed E-state index contributed by atoms with van der Waals surface area (Å²) in [5.41, 5.74) is 1.44. The molecule has 0 spiro atoms. The number of nitrogens with one attached hydrogen (secondary N) is 1. The van der Waals surface area contributed by atoms with Crippen molar-refractivity contribution in [3.8, 4) is 11.1 Å². The summed E-state index contributed by atoms with van der Waals surface area (Å²) in [7, 11) is 1.00. The largest absolute Gasteiger partial charge is 0.521 e. The predicted octanol–water partition coefficient (Wildman–Crippen LogP) is 2.15. The van der Waals surface area contributed by atoms with Gasteiger partial charge in [0.2, 0.25) is 0 Å². The number of aldehydes is 1. The Morgan fingerprint density at radius 2 is 1.60 bits per heavy atom. The van der Waals surface area contributed by atoms with E-state index in [0.29, 0.717) is 11.8 Å². The van der Waals surface area contributed by atoms with Gasteiger partial charge in [-0.2, -0.15) is 6.41 Å². The molecular formula is C17H15F3FmNO3-. The van der Waals surface area contributed by atoms with E-state index in [-0.39, 0.29) is 12.0 Å². The molecule has 0 saturated heterocycles. The number of hydrogen-bond acceptors (Lipinski definition) is 3. The van der Waals surface area contributed by atoms with Crippen LogP contribution in [0.3, 0.4) is 0 Å². The first-order valence-corrected chi connectivity index (χ1v) is 6.81. The number of hydrogen-bond donors (Lipinski definition) is 2. The fraction of sp³-hybridized carbons (Fsp3) is 0.176. The van der Waals surface area contributed by atoms with Crippen molar-refractivity contribution in [2.24, 2.45) is 0 Å². The number of rotatable bonds is 6. The number of aliphatic hydroxyl groups excluding tert-OH is 1. The molecule has 0 radical (unpaired) electrons. The fourth-order valence-electron chi connectivity index (χ4n) is 2.02. The van der Waals surface area contributed by atoms with Crippen LogP contribution in [-0.2, 0) is 16.0 Å². The van der Waals surface area contributed by atoms with Gasteiger partial charge >= 0.3 is 0 Å². The molecule has 2 aromatic rings. The summed E-state index contributed by atoms with van der Waals surface area (Å²) in [4.78, 5) is 20.9. The van der Waals surface area contributed by atoms with E-state index in [9.17, 15) is 22.8 Å². The van der Waals surface area contributed by atoms with Crippen LogP contribution < -0.4 is 5.32 Å². The summed E-state index contributed by atoms with van der Waals surface area (Å²) in [6.45, 7) is 0. The van der Waals surface area contributed by atoms with Crippen LogP contribution in [0, 0.1) is 17.5 Å². The Balaban J connectivity index is 0.00000185. The van der Waals surface area contributed by atoms with Crippen LogP contribution >= 0.6 is 0 Å². The molecule has 2 rings (SSSR count). The van der Waals surface area contributed by atoms with E-state index in [1.165, 1.54) is 6.41 Å². The number of carbonyl (C=O) groups is 1.